The number of hydrogen-bond donors (Lipinski definition) is 1. The maximum absolute atomic E-state index is 11.8. The highest BCUT2D eigenvalue weighted by molar-refractivity contribution is 5.76. The molecule has 0 spiro atoms. The molecule has 1 heterocycles. The number of amides is 1. The molecule has 0 aromatic heterocycles. The smallest absolute Gasteiger partial charge is 0.221 e. The summed E-state index contributed by atoms with van der Waals surface area (Å²) in [5.74, 6) is 1.01. The molecule has 2 rings (SSSR count). The monoisotopic (exact) mass is 260 g/mol. The van der Waals surface area contributed by atoms with E-state index in [1.165, 1.54) is 12.8 Å². The Bertz CT molecular complexity index is 383. The van der Waals surface area contributed by atoms with Gasteiger partial charge in [0.1, 0.15) is 0 Å². The number of piperidine rings is 1. The molecule has 0 bridgehead atoms. The number of nitrogens with zero attached hydrogens (tertiary/aromatic N) is 1. The van der Waals surface area contributed by atoms with Gasteiger partial charge in [-0.3, -0.25) is 4.79 Å². The van der Waals surface area contributed by atoms with Crippen LogP contribution in [0, 0.1) is 5.92 Å². The van der Waals surface area contributed by atoms with E-state index in [1.54, 1.807) is 0 Å². The summed E-state index contributed by atoms with van der Waals surface area (Å²) in [6.07, 6.45) is 3.15. The van der Waals surface area contributed by atoms with E-state index < -0.39 is 0 Å². The normalized spacial score (nSPS) is 17.3. The highest BCUT2D eigenvalue weighted by Crippen LogP contribution is 2.15. The number of benzene rings is 1. The standard InChI is InChI=1S/C16H24N2O/c1-14-7-10-18(11-8-14)12-9-16(19)17-13-15-5-3-2-4-6-15/h2-6,14H,7-13H2,1H3,(H,17,19). The predicted molar refractivity (Wildman–Crippen MR) is 77.7 cm³/mol. The SMILES string of the molecule is CC1CCN(CCC(=O)NCc2ccccc2)CC1. The minimum absolute atomic E-state index is 0.155. The molecule has 1 amide bonds. The second-order valence-electron chi connectivity index (χ2n) is 5.54. The van der Waals surface area contributed by atoms with E-state index in [1.807, 2.05) is 30.3 Å². The third kappa shape index (κ3) is 5.03. The Kier molecular flexibility index (Phi) is 5.40. The fraction of sp³-hybridized carbons (Fsp3) is 0.562. The lowest BCUT2D eigenvalue weighted by Gasteiger charge is -2.29. The van der Waals surface area contributed by atoms with Crippen molar-refractivity contribution in [2.24, 2.45) is 5.92 Å². The lowest BCUT2D eigenvalue weighted by atomic mass is 9.99. The van der Waals surface area contributed by atoms with Crippen molar-refractivity contribution in [3.63, 3.8) is 0 Å². The first-order valence-electron chi connectivity index (χ1n) is 7.27. The van der Waals surface area contributed by atoms with Crippen molar-refractivity contribution in [1.29, 1.82) is 0 Å². The molecule has 0 atom stereocenters. The molecule has 3 heteroatoms. The van der Waals surface area contributed by atoms with Crippen LogP contribution in [0.2, 0.25) is 0 Å². The molecule has 1 aliphatic heterocycles. The molecule has 19 heavy (non-hydrogen) atoms. The molecule has 1 N–H and O–H groups in total. The van der Waals surface area contributed by atoms with Gasteiger partial charge < -0.3 is 10.2 Å². The van der Waals surface area contributed by atoms with Gasteiger partial charge in [-0.25, -0.2) is 0 Å². The van der Waals surface area contributed by atoms with Crippen LogP contribution < -0.4 is 5.32 Å². The Balaban J connectivity index is 1.62. The van der Waals surface area contributed by atoms with Crippen LogP contribution in [0.25, 0.3) is 0 Å². The maximum atomic E-state index is 11.8. The third-order valence-electron chi connectivity index (χ3n) is 3.86. The van der Waals surface area contributed by atoms with Gasteiger partial charge in [0, 0.05) is 19.5 Å². The molecular weight excluding hydrogens is 236 g/mol. The maximum Gasteiger partial charge on any atom is 0.221 e. The van der Waals surface area contributed by atoms with Crippen LogP contribution in [0.4, 0.5) is 0 Å². The summed E-state index contributed by atoms with van der Waals surface area (Å²) in [4.78, 5) is 14.2. The van der Waals surface area contributed by atoms with Gasteiger partial charge in [-0.15, -0.1) is 0 Å². The Morgan fingerprint density at radius 2 is 1.95 bits per heavy atom. The highest BCUT2D eigenvalue weighted by Gasteiger charge is 2.15. The summed E-state index contributed by atoms with van der Waals surface area (Å²) in [5, 5.41) is 2.98. The zero-order valence-electron chi connectivity index (χ0n) is 11.8. The largest absolute Gasteiger partial charge is 0.352 e. The van der Waals surface area contributed by atoms with Crippen molar-refractivity contribution in [2.75, 3.05) is 19.6 Å². The zero-order chi connectivity index (χ0) is 13.5. The number of rotatable bonds is 5. The van der Waals surface area contributed by atoms with E-state index in [0.717, 1.165) is 31.1 Å². The Hall–Kier alpha value is -1.35. The summed E-state index contributed by atoms with van der Waals surface area (Å²) < 4.78 is 0. The Morgan fingerprint density at radius 3 is 2.63 bits per heavy atom. The van der Waals surface area contributed by atoms with E-state index in [0.29, 0.717) is 13.0 Å². The van der Waals surface area contributed by atoms with Crippen LogP contribution in [0.1, 0.15) is 31.7 Å². The molecular formula is C16H24N2O. The van der Waals surface area contributed by atoms with Crippen LogP contribution >= 0.6 is 0 Å². The van der Waals surface area contributed by atoms with Crippen LogP contribution in [-0.4, -0.2) is 30.4 Å². The van der Waals surface area contributed by atoms with Gasteiger partial charge in [0.25, 0.3) is 0 Å². The van der Waals surface area contributed by atoms with Crippen molar-refractivity contribution in [3.8, 4) is 0 Å². The first kappa shape index (κ1) is 14.1. The number of carbonyl (C=O) groups excluding carboxylic acids is 1. The van der Waals surface area contributed by atoms with Crippen LogP contribution in [0.5, 0.6) is 0 Å². The summed E-state index contributed by atoms with van der Waals surface area (Å²) in [6.45, 7) is 6.13. The van der Waals surface area contributed by atoms with E-state index >= 15 is 0 Å². The van der Waals surface area contributed by atoms with Crippen LogP contribution in [0.15, 0.2) is 30.3 Å². The second-order valence-corrected chi connectivity index (χ2v) is 5.54. The molecule has 0 aliphatic carbocycles. The van der Waals surface area contributed by atoms with Crippen molar-refractivity contribution in [2.45, 2.75) is 32.7 Å². The van der Waals surface area contributed by atoms with Crippen LogP contribution in [-0.2, 0) is 11.3 Å². The molecule has 1 saturated heterocycles. The lowest BCUT2D eigenvalue weighted by Crippen LogP contribution is -2.36. The highest BCUT2D eigenvalue weighted by atomic mass is 16.1. The minimum Gasteiger partial charge on any atom is -0.352 e. The quantitative estimate of drug-likeness (QED) is 0.882. The average Bonchev–Trinajstić information content (AvgIpc) is 2.45. The second kappa shape index (κ2) is 7.29. The van der Waals surface area contributed by atoms with Gasteiger partial charge >= 0.3 is 0 Å². The molecule has 0 radical (unpaired) electrons. The van der Waals surface area contributed by atoms with Gasteiger partial charge in [0.05, 0.1) is 0 Å². The topological polar surface area (TPSA) is 32.3 Å². The van der Waals surface area contributed by atoms with E-state index in [4.69, 9.17) is 0 Å². The summed E-state index contributed by atoms with van der Waals surface area (Å²) >= 11 is 0. The van der Waals surface area contributed by atoms with E-state index in [2.05, 4.69) is 17.1 Å². The molecule has 1 aromatic carbocycles. The number of nitrogens with one attached hydrogen (secondary N) is 1. The first-order chi connectivity index (χ1) is 9.24. The van der Waals surface area contributed by atoms with Crippen molar-refractivity contribution < 1.29 is 4.79 Å². The van der Waals surface area contributed by atoms with Gasteiger partial charge in [-0.05, 0) is 37.4 Å². The Morgan fingerprint density at radius 1 is 1.26 bits per heavy atom. The predicted octanol–water partition coefficient (Wildman–Crippen LogP) is 2.42. The van der Waals surface area contributed by atoms with Gasteiger partial charge in [0.2, 0.25) is 5.91 Å². The van der Waals surface area contributed by atoms with E-state index in [9.17, 15) is 4.79 Å². The van der Waals surface area contributed by atoms with Crippen molar-refractivity contribution in [1.82, 2.24) is 10.2 Å². The number of hydrogen-bond acceptors (Lipinski definition) is 2. The summed E-state index contributed by atoms with van der Waals surface area (Å²) in [6, 6.07) is 10.0. The van der Waals surface area contributed by atoms with Gasteiger partial charge in [-0.1, -0.05) is 37.3 Å². The average molecular weight is 260 g/mol. The summed E-state index contributed by atoms with van der Waals surface area (Å²) in [7, 11) is 0. The number of likely N-dealkylation sites (tertiary alicyclic amines) is 1. The molecule has 1 aliphatic rings. The number of carbonyl (C=O) groups is 1. The third-order valence-corrected chi connectivity index (χ3v) is 3.86. The van der Waals surface area contributed by atoms with Gasteiger partial charge in [0.15, 0.2) is 0 Å². The van der Waals surface area contributed by atoms with Gasteiger partial charge in [-0.2, -0.15) is 0 Å². The molecule has 1 fully saturated rings. The first-order valence-corrected chi connectivity index (χ1v) is 7.27. The molecule has 1 aromatic rings. The summed E-state index contributed by atoms with van der Waals surface area (Å²) in [5.41, 5.74) is 1.16. The van der Waals surface area contributed by atoms with Crippen LogP contribution in [0.3, 0.4) is 0 Å². The molecule has 104 valence electrons. The zero-order valence-corrected chi connectivity index (χ0v) is 11.8. The Labute approximate surface area is 116 Å². The van der Waals surface area contributed by atoms with E-state index in [-0.39, 0.29) is 5.91 Å². The molecule has 3 nitrogen and oxygen atoms in total. The van der Waals surface area contributed by atoms with Crippen molar-refractivity contribution >= 4 is 5.91 Å². The minimum atomic E-state index is 0.155. The lowest BCUT2D eigenvalue weighted by molar-refractivity contribution is -0.121. The fourth-order valence-corrected chi connectivity index (χ4v) is 2.43. The molecule has 0 saturated carbocycles. The van der Waals surface area contributed by atoms with Crippen molar-refractivity contribution in [3.05, 3.63) is 35.9 Å². The fourth-order valence-electron chi connectivity index (χ4n) is 2.43. The molecule has 0 unspecified atom stereocenters.